The molecule has 2 aliphatic rings. The summed E-state index contributed by atoms with van der Waals surface area (Å²) in [5.74, 6) is 3.32. The molecule has 5 rings (SSSR count). The molecule has 1 heterocycles. The molecule has 0 aromatic heterocycles. The van der Waals surface area contributed by atoms with Crippen molar-refractivity contribution < 1.29 is 14.3 Å². The number of carbonyl (C=O) groups is 2. The number of piperazine rings is 1. The van der Waals surface area contributed by atoms with Gasteiger partial charge in [0.2, 0.25) is 0 Å². The average Bonchev–Trinajstić information content (AvgIpc) is 3.23. The maximum atomic E-state index is 13.0. The van der Waals surface area contributed by atoms with Crippen molar-refractivity contribution in [3.05, 3.63) is 89.0 Å². The van der Waals surface area contributed by atoms with Crippen LogP contribution < -0.4 is 4.90 Å². The molecule has 0 unspecified atom stereocenters. The molecular formula is C31H32N2O3Si. The molecule has 37 heavy (non-hydrogen) atoms. The number of hydrogen-bond acceptors (Lipinski definition) is 4. The van der Waals surface area contributed by atoms with Crippen LogP contribution in [-0.2, 0) is 4.74 Å². The normalized spacial score (nSPS) is 14.9. The molecule has 0 saturated carbocycles. The molecule has 1 aliphatic carbocycles. The fourth-order valence-corrected chi connectivity index (χ4v) is 5.57. The highest BCUT2D eigenvalue weighted by molar-refractivity contribution is 6.83. The van der Waals surface area contributed by atoms with Gasteiger partial charge >= 0.3 is 6.09 Å². The summed E-state index contributed by atoms with van der Waals surface area (Å²) in [5.41, 5.74) is 10.7. The van der Waals surface area contributed by atoms with Crippen LogP contribution in [0.1, 0.15) is 33.0 Å². The van der Waals surface area contributed by atoms with Gasteiger partial charge in [-0.3, -0.25) is 4.79 Å². The van der Waals surface area contributed by atoms with Gasteiger partial charge in [-0.2, -0.15) is 0 Å². The van der Waals surface area contributed by atoms with Crippen LogP contribution in [0.3, 0.4) is 0 Å². The van der Waals surface area contributed by atoms with Crippen LogP contribution in [0.5, 0.6) is 0 Å². The Hall–Kier alpha value is -3.82. The lowest BCUT2D eigenvalue weighted by molar-refractivity contribution is 0.0976. The summed E-state index contributed by atoms with van der Waals surface area (Å²) in [4.78, 5) is 28.5. The molecule has 1 aliphatic heterocycles. The predicted molar refractivity (Wildman–Crippen MR) is 151 cm³/mol. The van der Waals surface area contributed by atoms with E-state index in [-0.39, 0.29) is 12.0 Å². The molecule has 3 aromatic carbocycles. The number of rotatable bonds is 4. The fourth-order valence-electron chi connectivity index (χ4n) is 5.05. The van der Waals surface area contributed by atoms with Crippen LogP contribution >= 0.6 is 0 Å². The van der Waals surface area contributed by atoms with Gasteiger partial charge in [-0.05, 0) is 40.5 Å². The van der Waals surface area contributed by atoms with E-state index in [2.05, 4.69) is 72.4 Å². The SMILES string of the molecule is C[Si](C)(C)C#Cc1cc(C=O)cc(N2CCN(C(=O)OCC3c4ccccc4-c4ccccc43)CC2)c1. The van der Waals surface area contributed by atoms with E-state index in [1.165, 1.54) is 22.3 Å². The summed E-state index contributed by atoms with van der Waals surface area (Å²) in [6.45, 7) is 9.41. The Morgan fingerprint density at radius 3 is 2.16 bits per heavy atom. The minimum atomic E-state index is -1.52. The number of amides is 1. The van der Waals surface area contributed by atoms with E-state index in [1.807, 2.05) is 30.3 Å². The highest BCUT2D eigenvalue weighted by Crippen LogP contribution is 2.44. The number of hydrogen-bond donors (Lipinski definition) is 0. The molecule has 0 atom stereocenters. The lowest BCUT2D eigenvalue weighted by Crippen LogP contribution is -2.49. The Labute approximate surface area is 220 Å². The van der Waals surface area contributed by atoms with Crippen LogP contribution in [-0.4, -0.2) is 58.1 Å². The monoisotopic (exact) mass is 508 g/mol. The zero-order valence-corrected chi connectivity index (χ0v) is 22.7. The van der Waals surface area contributed by atoms with Crippen molar-refractivity contribution in [2.75, 3.05) is 37.7 Å². The second kappa shape index (κ2) is 10.3. The van der Waals surface area contributed by atoms with E-state index in [9.17, 15) is 9.59 Å². The number of nitrogens with zero attached hydrogens (tertiary/aromatic N) is 2. The largest absolute Gasteiger partial charge is 0.448 e. The minimum absolute atomic E-state index is 0.0550. The lowest BCUT2D eigenvalue weighted by atomic mass is 9.98. The van der Waals surface area contributed by atoms with Crippen molar-refractivity contribution in [2.24, 2.45) is 0 Å². The molecule has 3 aromatic rings. The molecule has 0 N–H and O–H groups in total. The topological polar surface area (TPSA) is 49.9 Å². The summed E-state index contributed by atoms with van der Waals surface area (Å²) in [6, 6.07) is 22.5. The summed E-state index contributed by atoms with van der Waals surface area (Å²) in [7, 11) is -1.52. The predicted octanol–water partition coefficient (Wildman–Crippen LogP) is 5.80. The molecule has 6 heteroatoms. The maximum Gasteiger partial charge on any atom is 0.409 e. The first kappa shape index (κ1) is 24.9. The smallest absolute Gasteiger partial charge is 0.409 e. The van der Waals surface area contributed by atoms with Crippen LogP contribution in [0.25, 0.3) is 11.1 Å². The lowest BCUT2D eigenvalue weighted by Gasteiger charge is -2.35. The molecule has 0 spiro atoms. The first-order chi connectivity index (χ1) is 17.8. The van der Waals surface area contributed by atoms with E-state index in [1.54, 1.807) is 4.90 Å². The first-order valence-corrected chi connectivity index (χ1v) is 16.3. The van der Waals surface area contributed by atoms with Crippen molar-refractivity contribution in [1.82, 2.24) is 4.90 Å². The molecule has 0 bridgehead atoms. The number of aldehydes is 1. The van der Waals surface area contributed by atoms with Gasteiger partial charge in [0.25, 0.3) is 0 Å². The van der Waals surface area contributed by atoms with Crippen LogP contribution in [0.4, 0.5) is 10.5 Å². The number of anilines is 1. The van der Waals surface area contributed by atoms with Crippen molar-refractivity contribution in [3.63, 3.8) is 0 Å². The summed E-state index contributed by atoms with van der Waals surface area (Å²) >= 11 is 0. The van der Waals surface area contributed by atoms with Gasteiger partial charge in [-0.25, -0.2) is 4.79 Å². The molecule has 1 amide bonds. The van der Waals surface area contributed by atoms with E-state index in [0.29, 0.717) is 38.3 Å². The van der Waals surface area contributed by atoms with E-state index in [0.717, 1.165) is 17.5 Å². The van der Waals surface area contributed by atoms with E-state index in [4.69, 9.17) is 4.74 Å². The van der Waals surface area contributed by atoms with Crippen LogP contribution in [0.2, 0.25) is 19.6 Å². The Morgan fingerprint density at radius 2 is 1.57 bits per heavy atom. The second-order valence-electron chi connectivity index (χ2n) is 10.7. The number of fused-ring (bicyclic) bond motifs is 3. The van der Waals surface area contributed by atoms with Gasteiger partial charge in [0.05, 0.1) is 0 Å². The van der Waals surface area contributed by atoms with Gasteiger partial charge in [0.15, 0.2) is 0 Å². The summed E-state index contributed by atoms with van der Waals surface area (Å²) < 4.78 is 5.85. The molecule has 1 fully saturated rings. The molecule has 0 radical (unpaired) electrons. The number of carbonyl (C=O) groups excluding carboxylic acids is 2. The fraction of sp³-hybridized carbons (Fsp3) is 0.290. The van der Waals surface area contributed by atoms with Crippen LogP contribution in [0, 0.1) is 11.5 Å². The third kappa shape index (κ3) is 5.47. The van der Waals surface area contributed by atoms with Gasteiger partial charge < -0.3 is 14.5 Å². The zero-order chi connectivity index (χ0) is 26.0. The van der Waals surface area contributed by atoms with Crippen molar-refractivity contribution in [2.45, 2.75) is 25.6 Å². The summed E-state index contributed by atoms with van der Waals surface area (Å²) in [6.07, 6.45) is 0.598. The van der Waals surface area contributed by atoms with E-state index < -0.39 is 8.07 Å². The van der Waals surface area contributed by atoms with Crippen molar-refractivity contribution in [1.29, 1.82) is 0 Å². The third-order valence-corrected chi connectivity index (χ3v) is 7.77. The average molecular weight is 509 g/mol. The Bertz CT molecular complexity index is 1350. The number of benzene rings is 3. The quantitative estimate of drug-likeness (QED) is 0.254. The first-order valence-electron chi connectivity index (χ1n) is 12.8. The highest BCUT2D eigenvalue weighted by atomic mass is 28.3. The minimum Gasteiger partial charge on any atom is -0.448 e. The Morgan fingerprint density at radius 1 is 0.946 bits per heavy atom. The molecular weight excluding hydrogens is 476 g/mol. The second-order valence-corrected chi connectivity index (χ2v) is 15.5. The van der Waals surface area contributed by atoms with Gasteiger partial charge in [0, 0.05) is 48.9 Å². The Kier molecular flexibility index (Phi) is 6.90. The van der Waals surface area contributed by atoms with Crippen LogP contribution in [0.15, 0.2) is 66.7 Å². The summed E-state index contributed by atoms with van der Waals surface area (Å²) in [5, 5.41) is 0. The number of ether oxygens (including phenoxy) is 1. The molecule has 1 saturated heterocycles. The zero-order valence-electron chi connectivity index (χ0n) is 21.7. The van der Waals surface area contributed by atoms with E-state index >= 15 is 0 Å². The van der Waals surface area contributed by atoms with Crippen molar-refractivity contribution in [3.8, 4) is 22.6 Å². The maximum absolute atomic E-state index is 13.0. The van der Waals surface area contributed by atoms with Gasteiger partial charge in [0.1, 0.15) is 21.0 Å². The standard InChI is InChI=1S/C31H32N2O3Si/c1-37(2,3)17-12-23-18-24(21-34)20-25(19-23)32-13-15-33(16-14-32)31(35)36-22-30-28-10-6-4-8-26(28)27-9-5-7-11-29(27)30/h4-11,18-21,30H,13-16,22H2,1-3H3. The third-order valence-electron chi connectivity index (χ3n) is 6.90. The molecule has 5 nitrogen and oxygen atoms in total. The van der Waals surface area contributed by atoms with Crippen molar-refractivity contribution >= 4 is 26.1 Å². The Balaban J connectivity index is 1.22. The molecule has 188 valence electrons. The highest BCUT2D eigenvalue weighted by Gasteiger charge is 2.30. The van der Waals surface area contributed by atoms with Gasteiger partial charge in [-0.1, -0.05) is 74.1 Å². The van der Waals surface area contributed by atoms with Gasteiger partial charge in [-0.15, -0.1) is 5.54 Å².